The van der Waals surface area contributed by atoms with E-state index in [1.165, 1.54) is 0 Å². The number of rotatable bonds is 5. The minimum Gasteiger partial charge on any atom is -0.392 e. The molecule has 0 radical (unpaired) electrons. The molecule has 0 aromatic heterocycles. The number of carbonyl (C=O) groups excluding carboxylic acids is 1. The van der Waals surface area contributed by atoms with Gasteiger partial charge >= 0.3 is 0 Å². The van der Waals surface area contributed by atoms with Gasteiger partial charge in [-0.05, 0) is 86.9 Å². The van der Waals surface area contributed by atoms with Crippen LogP contribution in [0.25, 0.3) is 11.1 Å². The lowest BCUT2D eigenvalue weighted by molar-refractivity contribution is -0.117. The van der Waals surface area contributed by atoms with Crippen molar-refractivity contribution in [2.75, 3.05) is 4.90 Å². The van der Waals surface area contributed by atoms with Crippen LogP contribution in [0.4, 0.5) is 5.69 Å². The zero-order valence-corrected chi connectivity index (χ0v) is 19.4. The van der Waals surface area contributed by atoms with Crippen LogP contribution < -0.4 is 4.90 Å². The minimum atomic E-state index is -3.31. The fourth-order valence-corrected chi connectivity index (χ4v) is 5.83. The van der Waals surface area contributed by atoms with Crippen molar-refractivity contribution in [3.8, 4) is 11.1 Å². The predicted octanol–water partition coefficient (Wildman–Crippen LogP) is 4.54. The molecule has 31 heavy (non-hydrogen) atoms. The van der Waals surface area contributed by atoms with Crippen molar-refractivity contribution >= 4 is 21.4 Å². The van der Waals surface area contributed by atoms with Gasteiger partial charge in [0.25, 0.3) is 0 Å². The highest BCUT2D eigenvalue weighted by atomic mass is 32.2. The Kier molecular flexibility index (Phi) is 5.73. The minimum absolute atomic E-state index is 0.00380. The van der Waals surface area contributed by atoms with Crippen LogP contribution in [0.5, 0.6) is 0 Å². The lowest BCUT2D eigenvalue weighted by Gasteiger charge is -2.41. The number of hydrogen-bond donors (Lipinski definition) is 1. The summed E-state index contributed by atoms with van der Waals surface area (Å²) >= 11 is 0. The fraction of sp³-hybridized carbons (Fsp3) is 0.480. The molecule has 1 N–H and O–H groups in total. The van der Waals surface area contributed by atoms with Gasteiger partial charge in [-0.15, -0.1) is 0 Å². The number of benzene rings is 2. The van der Waals surface area contributed by atoms with E-state index in [-0.39, 0.29) is 17.9 Å². The quantitative estimate of drug-likeness (QED) is 0.739. The summed E-state index contributed by atoms with van der Waals surface area (Å²) in [7, 11) is -3.31. The number of aliphatic hydroxyl groups is 1. The number of fused-ring (bicyclic) bond motifs is 1. The second-order valence-electron chi connectivity index (χ2n) is 9.30. The highest BCUT2D eigenvalue weighted by Gasteiger charge is 2.41. The number of anilines is 1. The number of carbonyl (C=O) groups is 1. The molecule has 2 aromatic rings. The maximum atomic E-state index is 12.4. The van der Waals surface area contributed by atoms with Gasteiger partial charge < -0.3 is 10.0 Å². The lowest BCUT2D eigenvalue weighted by Crippen LogP contribution is -2.44. The third kappa shape index (κ3) is 4.03. The van der Waals surface area contributed by atoms with Crippen LogP contribution in [0, 0.1) is 5.92 Å². The third-order valence-electron chi connectivity index (χ3n) is 6.72. The van der Waals surface area contributed by atoms with Gasteiger partial charge in [-0.1, -0.05) is 18.2 Å². The van der Waals surface area contributed by atoms with Crippen molar-refractivity contribution in [2.24, 2.45) is 5.92 Å². The van der Waals surface area contributed by atoms with E-state index < -0.39 is 21.2 Å². The molecule has 166 valence electrons. The molecule has 2 unspecified atom stereocenters. The maximum absolute atomic E-state index is 12.4. The number of hydrogen-bond acceptors (Lipinski definition) is 4. The molecule has 0 spiro atoms. The molecule has 1 aliphatic carbocycles. The first-order valence-electron chi connectivity index (χ1n) is 11.1. The van der Waals surface area contributed by atoms with Gasteiger partial charge in [0.2, 0.25) is 5.91 Å². The van der Waals surface area contributed by atoms with Crippen LogP contribution >= 0.6 is 0 Å². The summed E-state index contributed by atoms with van der Waals surface area (Å²) in [5.41, 5.74) is 3.75. The van der Waals surface area contributed by atoms with Crippen molar-refractivity contribution < 1.29 is 18.3 Å². The van der Waals surface area contributed by atoms with E-state index >= 15 is 0 Å². The van der Waals surface area contributed by atoms with Crippen molar-refractivity contribution in [3.05, 3.63) is 48.0 Å². The highest BCUT2D eigenvalue weighted by Crippen LogP contribution is 2.47. The van der Waals surface area contributed by atoms with E-state index in [1.807, 2.05) is 36.1 Å². The van der Waals surface area contributed by atoms with Gasteiger partial charge in [0.15, 0.2) is 9.84 Å². The van der Waals surface area contributed by atoms with E-state index in [4.69, 9.17) is 0 Å². The summed E-state index contributed by atoms with van der Waals surface area (Å²) in [6.45, 7) is 6.98. The van der Waals surface area contributed by atoms with Gasteiger partial charge in [-0.25, -0.2) is 8.42 Å². The van der Waals surface area contributed by atoms with Gasteiger partial charge in [0.1, 0.15) is 0 Å². The second-order valence-corrected chi connectivity index (χ2v) is 11.8. The number of sulfone groups is 1. The van der Waals surface area contributed by atoms with Crippen LogP contribution in [0.1, 0.15) is 58.4 Å². The molecule has 1 fully saturated rings. The van der Waals surface area contributed by atoms with E-state index in [1.54, 1.807) is 32.9 Å². The molecule has 0 saturated heterocycles. The van der Waals surface area contributed by atoms with Crippen molar-refractivity contribution in [3.63, 3.8) is 0 Å². The average Bonchev–Trinajstić information content (AvgIpc) is 3.57. The first-order valence-corrected chi connectivity index (χ1v) is 12.6. The number of aliphatic hydroxyl groups excluding tert-OH is 1. The highest BCUT2D eigenvalue weighted by molar-refractivity contribution is 7.92. The van der Waals surface area contributed by atoms with Crippen LogP contribution in [-0.2, 0) is 14.6 Å². The Morgan fingerprint density at radius 2 is 1.68 bits per heavy atom. The average molecular weight is 442 g/mol. The van der Waals surface area contributed by atoms with Gasteiger partial charge in [-0.3, -0.25) is 4.79 Å². The first-order chi connectivity index (χ1) is 14.6. The Labute approximate surface area is 185 Å². The van der Waals surface area contributed by atoms with Crippen molar-refractivity contribution in [1.29, 1.82) is 0 Å². The van der Waals surface area contributed by atoms with Crippen molar-refractivity contribution in [1.82, 2.24) is 0 Å². The van der Waals surface area contributed by atoms with Gasteiger partial charge in [0, 0.05) is 24.6 Å². The summed E-state index contributed by atoms with van der Waals surface area (Å²) < 4.78 is 24.8. The van der Waals surface area contributed by atoms with E-state index in [0.717, 1.165) is 41.6 Å². The van der Waals surface area contributed by atoms with Crippen LogP contribution in [0.15, 0.2) is 47.4 Å². The molecule has 5 nitrogen and oxygen atoms in total. The zero-order chi connectivity index (χ0) is 22.5. The summed E-state index contributed by atoms with van der Waals surface area (Å²) in [5.74, 6) is 0.343. The molecule has 2 aliphatic rings. The molecule has 4 rings (SSSR count). The standard InChI is InChI=1S/C25H31NO4S/c1-15(2)31(29,30)21-10-7-18(8-11-21)20-9-12-24-22(14-20)23(25(28)19-5-6-19)13-16(3)26(24)17(4)27/h7-12,14-16,19,23,25,28H,5-6,13H2,1-4H3/t16-,23?,25?/m0/s1. The van der Waals surface area contributed by atoms with Crippen molar-refractivity contribution in [2.45, 2.75) is 75.2 Å². The van der Waals surface area contributed by atoms with E-state index in [2.05, 4.69) is 6.07 Å². The molecule has 1 amide bonds. The van der Waals surface area contributed by atoms with Gasteiger partial charge in [-0.2, -0.15) is 0 Å². The molecular weight excluding hydrogens is 410 g/mol. The summed E-state index contributed by atoms with van der Waals surface area (Å²) in [6, 6.07) is 13.0. The molecule has 2 aromatic carbocycles. The molecule has 1 saturated carbocycles. The molecular formula is C25H31NO4S. The Bertz CT molecular complexity index is 1090. The topological polar surface area (TPSA) is 74.7 Å². The molecule has 3 atom stereocenters. The summed E-state index contributed by atoms with van der Waals surface area (Å²) in [4.78, 5) is 14.5. The SMILES string of the molecule is CC(=O)N1c2ccc(-c3ccc(S(=O)(=O)C(C)C)cc3)cc2C(C(O)C2CC2)C[C@@H]1C. The lowest BCUT2D eigenvalue weighted by atomic mass is 9.79. The number of nitrogens with zero attached hydrogens (tertiary/aromatic N) is 1. The molecule has 6 heteroatoms. The monoisotopic (exact) mass is 441 g/mol. The Balaban J connectivity index is 1.75. The second kappa shape index (κ2) is 8.06. The molecule has 1 aliphatic heterocycles. The largest absolute Gasteiger partial charge is 0.392 e. The van der Waals surface area contributed by atoms with Gasteiger partial charge in [0.05, 0.1) is 16.2 Å². The zero-order valence-electron chi connectivity index (χ0n) is 18.6. The fourth-order valence-electron chi connectivity index (χ4n) is 4.77. The Morgan fingerprint density at radius 3 is 2.23 bits per heavy atom. The molecule has 0 bridgehead atoms. The first kappa shape index (κ1) is 22.0. The third-order valence-corrected chi connectivity index (χ3v) is 8.89. The predicted molar refractivity (Wildman–Crippen MR) is 123 cm³/mol. The Morgan fingerprint density at radius 1 is 1.06 bits per heavy atom. The normalized spacial score (nSPS) is 22.3. The molecule has 1 heterocycles. The smallest absolute Gasteiger partial charge is 0.224 e. The number of amides is 1. The van der Waals surface area contributed by atoms with Crippen LogP contribution in [-0.4, -0.2) is 36.8 Å². The summed E-state index contributed by atoms with van der Waals surface area (Å²) in [6.07, 6.45) is 2.45. The maximum Gasteiger partial charge on any atom is 0.224 e. The summed E-state index contributed by atoms with van der Waals surface area (Å²) in [5, 5.41) is 10.5. The Hall–Kier alpha value is -2.18. The van der Waals surface area contributed by atoms with Crippen LogP contribution in [0.3, 0.4) is 0 Å². The van der Waals surface area contributed by atoms with E-state index in [0.29, 0.717) is 10.8 Å². The van der Waals surface area contributed by atoms with Crippen LogP contribution in [0.2, 0.25) is 0 Å². The van der Waals surface area contributed by atoms with E-state index in [9.17, 15) is 18.3 Å².